The summed E-state index contributed by atoms with van der Waals surface area (Å²) >= 11 is -2.22. The van der Waals surface area contributed by atoms with E-state index in [1.807, 2.05) is 0 Å². The van der Waals surface area contributed by atoms with Crippen LogP contribution in [0, 0.1) is 0 Å². The maximum absolute atomic E-state index is 10.9. The molecule has 0 radical (unpaired) electrons. The van der Waals surface area contributed by atoms with Gasteiger partial charge in [0.2, 0.25) is 0 Å². The lowest BCUT2D eigenvalue weighted by molar-refractivity contribution is -0.139. The Kier molecular flexibility index (Phi) is 3.79. The molecule has 0 heterocycles. The largest absolute Gasteiger partial charge is 0.768 e. The number of hydrogen-bond donors (Lipinski definition) is 0. The lowest BCUT2D eigenvalue weighted by Gasteiger charge is -2.05. The minimum absolute atomic E-state index is 0.155. The molecule has 0 spiro atoms. The Morgan fingerprint density at radius 3 is 2.43 bits per heavy atom. The van der Waals surface area contributed by atoms with Gasteiger partial charge in [0.15, 0.2) is 0 Å². The van der Waals surface area contributed by atoms with Crippen LogP contribution in [0.4, 0.5) is 0 Å². The topological polar surface area (TPSA) is 66.4 Å². The van der Waals surface area contributed by atoms with Gasteiger partial charge in [-0.2, -0.15) is 0 Å². The Morgan fingerprint density at radius 2 is 2.00 bits per heavy atom. The molecule has 5 heteroatoms. The molecule has 1 atom stereocenters. The van der Waals surface area contributed by atoms with Crippen molar-refractivity contribution >= 4 is 17.0 Å². The van der Waals surface area contributed by atoms with Crippen molar-refractivity contribution in [2.45, 2.75) is 11.3 Å². The summed E-state index contributed by atoms with van der Waals surface area (Å²) in [6.45, 7) is 0. The predicted octanol–water partition coefficient (Wildman–Crippen LogP) is 0.640. The zero-order valence-corrected chi connectivity index (χ0v) is 8.37. The van der Waals surface area contributed by atoms with Crippen molar-refractivity contribution < 1.29 is 18.3 Å². The number of benzene rings is 1. The van der Waals surface area contributed by atoms with Crippen LogP contribution in [-0.4, -0.2) is 21.8 Å². The fraction of sp³-hybridized carbons (Fsp3) is 0.222. The highest BCUT2D eigenvalue weighted by Gasteiger charge is 2.02. The first-order valence-corrected chi connectivity index (χ1v) is 4.96. The molecule has 1 unspecified atom stereocenters. The Hall–Kier alpha value is -1.20. The molecule has 0 saturated carbocycles. The summed E-state index contributed by atoms with van der Waals surface area (Å²) in [4.78, 5) is 11.1. The quantitative estimate of drug-likeness (QED) is 0.546. The number of esters is 1. The van der Waals surface area contributed by atoms with Crippen molar-refractivity contribution in [2.24, 2.45) is 0 Å². The van der Waals surface area contributed by atoms with Crippen LogP contribution in [0.3, 0.4) is 0 Å². The highest BCUT2D eigenvalue weighted by atomic mass is 32.2. The van der Waals surface area contributed by atoms with Gasteiger partial charge in [0, 0.05) is 4.90 Å². The Balaban J connectivity index is 2.73. The van der Waals surface area contributed by atoms with E-state index in [1.165, 1.54) is 19.2 Å². The Labute approximate surface area is 84.2 Å². The molecule has 4 nitrogen and oxygen atoms in total. The lowest BCUT2D eigenvalue weighted by atomic mass is 10.2. The van der Waals surface area contributed by atoms with Gasteiger partial charge in [-0.15, -0.1) is 0 Å². The normalized spacial score (nSPS) is 12.1. The molecule has 0 aromatic heterocycles. The van der Waals surface area contributed by atoms with E-state index in [-0.39, 0.29) is 17.3 Å². The van der Waals surface area contributed by atoms with Crippen molar-refractivity contribution in [1.29, 1.82) is 0 Å². The van der Waals surface area contributed by atoms with E-state index < -0.39 is 11.1 Å². The van der Waals surface area contributed by atoms with E-state index in [1.54, 1.807) is 12.1 Å². The zero-order chi connectivity index (χ0) is 10.6. The van der Waals surface area contributed by atoms with Crippen molar-refractivity contribution in [1.82, 2.24) is 0 Å². The molecule has 14 heavy (non-hydrogen) atoms. The van der Waals surface area contributed by atoms with Crippen LogP contribution in [-0.2, 0) is 27.0 Å². The first-order chi connectivity index (χ1) is 6.63. The number of rotatable bonds is 3. The van der Waals surface area contributed by atoms with E-state index in [9.17, 15) is 13.6 Å². The summed E-state index contributed by atoms with van der Waals surface area (Å²) in [6.07, 6.45) is 0.155. The van der Waals surface area contributed by atoms with E-state index >= 15 is 0 Å². The van der Waals surface area contributed by atoms with Gasteiger partial charge >= 0.3 is 5.97 Å². The first kappa shape index (κ1) is 10.9. The second-order valence-electron chi connectivity index (χ2n) is 2.63. The van der Waals surface area contributed by atoms with Crippen LogP contribution >= 0.6 is 0 Å². The number of ether oxygens (including phenoxy) is 1. The summed E-state index contributed by atoms with van der Waals surface area (Å²) in [5, 5.41) is 0. The summed E-state index contributed by atoms with van der Waals surface area (Å²) in [7, 11) is 1.31. The molecule has 0 saturated heterocycles. The third-order valence-electron chi connectivity index (χ3n) is 1.69. The summed E-state index contributed by atoms with van der Waals surface area (Å²) in [5.41, 5.74) is 0.728. The molecule has 1 aromatic carbocycles. The summed E-state index contributed by atoms with van der Waals surface area (Å²) in [5.74, 6) is -0.346. The predicted molar refractivity (Wildman–Crippen MR) is 49.3 cm³/mol. The van der Waals surface area contributed by atoms with Crippen LogP contribution in [0.1, 0.15) is 5.56 Å². The van der Waals surface area contributed by atoms with E-state index in [4.69, 9.17) is 0 Å². The minimum atomic E-state index is -2.22. The van der Waals surface area contributed by atoms with Gasteiger partial charge in [0.25, 0.3) is 0 Å². The number of carbonyl (C=O) groups is 1. The van der Waals surface area contributed by atoms with Gasteiger partial charge in [0.1, 0.15) is 0 Å². The molecular formula is C9H9O4S-. The second kappa shape index (κ2) is 4.88. The van der Waals surface area contributed by atoms with E-state index in [0.717, 1.165) is 5.56 Å². The average Bonchev–Trinajstić information content (AvgIpc) is 2.18. The maximum Gasteiger partial charge on any atom is 0.309 e. The highest BCUT2D eigenvalue weighted by molar-refractivity contribution is 7.79. The molecular weight excluding hydrogens is 204 g/mol. The van der Waals surface area contributed by atoms with Crippen LogP contribution in [0.2, 0.25) is 0 Å². The molecule has 1 aromatic rings. The van der Waals surface area contributed by atoms with Gasteiger partial charge in [0.05, 0.1) is 13.5 Å². The van der Waals surface area contributed by atoms with Crippen molar-refractivity contribution in [3.05, 3.63) is 29.8 Å². The van der Waals surface area contributed by atoms with Crippen LogP contribution in [0.15, 0.2) is 29.2 Å². The monoisotopic (exact) mass is 213 g/mol. The summed E-state index contributed by atoms with van der Waals surface area (Å²) in [6, 6.07) is 6.06. The first-order valence-electron chi connectivity index (χ1n) is 3.88. The minimum Gasteiger partial charge on any atom is -0.768 e. The molecule has 0 aliphatic heterocycles. The van der Waals surface area contributed by atoms with Gasteiger partial charge in [-0.3, -0.25) is 9.00 Å². The molecule has 0 amide bonds. The molecule has 0 aliphatic rings. The van der Waals surface area contributed by atoms with Gasteiger partial charge in [-0.05, 0) is 28.8 Å². The maximum atomic E-state index is 10.9. The Morgan fingerprint density at radius 1 is 1.43 bits per heavy atom. The van der Waals surface area contributed by atoms with Gasteiger partial charge in [-0.1, -0.05) is 12.1 Å². The molecule has 0 N–H and O–H groups in total. The summed E-state index contributed by atoms with van der Waals surface area (Å²) < 4.78 is 25.5. The molecule has 0 aliphatic carbocycles. The second-order valence-corrected chi connectivity index (χ2v) is 3.57. The molecule has 0 fully saturated rings. The van der Waals surface area contributed by atoms with Crippen LogP contribution in [0.25, 0.3) is 0 Å². The highest BCUT2D eigenvalue weighted by Crippen LogP contribution is 2.08. The number of methoxy groups -OCH3 is 1. The molecule has 76 valence electrons. The van der Waals surface area contributed by atoms with E-state index in [2.05, 4.69) is 4.74 Å². The fourth-order valence-electron chi connectivity index (χ4n) is 0.957. The zero-order valence-electron chi connectivity index (χ0n) is 7.56. The van der Waals surface area contributed by atoms with Crippen LogP contribution in [0.5, 0.6) is 0 Å². The third-order valence-corrected chi connectivity index (χ3v) is 2.35. The van der Waals surface area contributed by atoms with Gasteiger partial charge in [-0.25, -0.2) is 0 Å². The third kappa shape index (κ3) is 2.93. The lowest BCUT2D eigenvalue weighted by Crippen LogP contribution is -2.04. The van der Waals surface area contributed by atoms with Crippen molar-refractivity contribution in [3.63, 3.8) is 0 Å². The van der Waals surface area contributed by atoms with Crippen molar-refractivity contribution in [3.8, 4) is 0 Å². The Bertz CT molecular complexity index is 344. The van der Waals surface area contributed by atoms with Gasteiger partial charge < -0.3 is 9.29 Å². The van der Waals surface area contributed by atoms with Crippen LogP contribution < -0.4 is 0 Å². The smallest absolute Gasteiger partial charge is 0.309 e. The van der Waals surface area contributed by atoms with E-state index in [0.29, 0.717) is 0 Å². The van der Waals surface area contributed by atoms with Crippen molar-refractivity contribution in [2.75, 3.05) is 7.11 Å². The average molecular weight is 213 g/mol. The molecule has 1 rings (SSSR count). The molecule has 0 bridgehead atoms. The standard InChI is InChI=1S/C9H10O4S/c1-13-9(10)6-7-2-4-8(5-3-7)14(11)12/h2-5H,6H2,1H3,(H,11,12)/p-1. The fourth-order valence-corrected chi connectivity index (χ4v) is 1.32. The SMILES string of the molecule is COC(=O)Cc1ccc(S(=O)[O-])cc1. The number of carbonyl (C=O) groups excluding carboxylic acids is 1. The number of hydrogen-bond acceptors (Lipinski definition) is 4.